The van der Waals surface area contributed by atoms with Gasteiger partial charge in [0.05, 0.1) is 5.39 Å². The summed E-state index contributed by atoms with van der Waals surface area (Å²) in [7, 11) is 0. The number of nitrogens with zero attached hydrogens (tertiary/aromatic N) is 3. The van der Waals surface area contributed by atoms with Crippen molar-refractivity contribution >= 4 is 28.7 Å². The highest BCUT2D eigenvalue weighted by atomic mass is 32.2. The highest BCUT2D eigenvalue weighted by Gasteiger charge is 2.08. The van der Waals surface area contributed by atoms with Gasteiger partial charge in [0.1, 0.15) is 12.9 Å². The van der Waals surface area contributed by atoms with Crippen LogP contribution in [-0.4, -0.2) is 32.7 Å². The zero-order valence-electron chi connectivity index (χ0n) is 12.9. The highest BCUT2D eigenvalue weighted by molar-refractivity contribution is 7.99. The molecule has 3 rings (SSSR count). The third-order valence-electron chi connectivity index (χ3n) is 3.35. The van der Waals surface area contributed by atoms with Gasteiger partial charge in [0.25, 0.3) is 5.56 Å². The summed E-state index contributed by atoms with van der Waals surface area (Å²) in [6.45, 7) is 0.488. The molecule has 2 heterocycles. The molecule has 0 fully saturated rings. The fourth-order valence-corrected chi connectivity index (χ4v) is 2.99. The normalized spacial score (nSPS) is 10.7. The third kappa shape index (κ3) is 3.99. The van der Waals surface area contributed by atoms with Gasteiger partial charge >= 0.3 is 0 Å². The van der Waals surface area contributed by atoms with Gasteiger partial charge in [-0.05, 0) is 24.3 Å². The first-order valence-corrected chi connectivity index (χ1v) is 8.47. The summed E-state index contributed by atoms with van der Waals surface area (Å²) >= 11 is 1.67. The molecule has 0 bridgehead atoms. The van der Waals surface area contributed by atoms with Crippen molar-refractivity contribution in [3.05, 3.63) is 65.3 Å². The number of aromatic nitrogens is 3. The summed E-state index contributed by atoms with van der Waals surface area (Å²) in [4.78, 5) is 33.6. The van der Waals surface area contributed by atoms with Crippen molar-refractivity contribution in [3.63, 3.8) is 0 Å². The molecule has 0 unspecified atom stereocenters. The van der Waals surface area contributed by atoms with Crippen LogP contribution in [0.25, 0.3) is 11.0 Å². The molecule has 0 aliphatic rings. The van der Waals surface area contributed by atoms with E-state index in [1.807, 2.05) is 30.3 Å². The lowest BCUT2D eigenvalue weighted by molar-refractivity contribution is -0.121. The average Bonchev–Trinajstić information content (AvgIpc) is 2.62. The van der Waals surface area contributed by atoms with Crippen LogP contribution in [0.2, 0.25) is 0 Å². The molecular weight excluding hydrogens is 324 g/mol. The van der Waals surface area contributed by atoms with E-state index in [0.717, 1.165) is 10.6 Å². The van der Waals surface area contributed by atoms with Gasteiger partial charge in [0, 0.05) is 23.4 Å². The Bertz CT molecular complexity index is 896. The van der Waals surface area contributed by atoms with Crippen molar-refractivity contribution < 1.29 is 4.79 Å². The SMILES string of the molecule is O=C(Cn1cnc2ncccc2c1=O)NCCSc1ccccc1. The molecule has 0 atom stereocenters. The van der Waals surface area contributed by atoms with Crippen LogP contribution in [-0.2, 0) is 11.3 Å². The summed E-state index contributed by atoms with van der Waals surface area (Å²) in [5, 5.41) is 3.22. The molecule has 0 spiro atoms. The Morgan fingerprint density at radius 2 is 1.96 bits per heavy atom. The fourth-order valence-electron chi connectivity index (χ4n) is 2.20. The van der Waals surface area contributed by atoms with Gasteiger partial charge < -0.3 is 5.32 Å². The second kappa shape index (κ2) is 7.74. The predicted octanol–water partition coefficient (Wildman–Crippen LogP) is 1.70. The molecule has 2 aromatic heterocycles. The molecule has 6 nitrogen and oxygen atoms in total. The minimum Gasteiger partial charge on any atom is -0.354 e. The standard InChI is InChI=1S/C17H16N4O2S/c22-15(18-9-10-24-13-5-2-1-3-6-13)11-21-12-20-16-14(17(21)23)7-4-8-19-16/h1-8,12H,9-11H2,(H,18,22). The van der Waals surface area contributed by atoms with Crippen LogP contribution in [0.5, 0.6) is 0 Å². The Labute approximate surface area is 142 Å². The first-order chi connectivity index (χ1) is 11.7. The molecule has 7 heteroatoms. The maximum absolute atomic E-state index is 12.3. The van der Waals surface area contributed by atoms with E-state index in [1.54, 1.807) is 30.1 Å². The number of benzene rings is 1. The lowest BCUT2D eigenvalue weighted by atomic mass is 10.3. The van der Waals surface area contributed by atoms with Crippen LogP contribution in [0, 0.1) is 0 Å². The summed E-state index contributed by atoms with van der Waals surface area (Å²) in [5.41, 5.74) is 0.125. The first-order valence-electron chi connectivity index (χ1n) is 7.49. The zero-order chi connectivity index (χ0) is 16.8. The van der Waals surface area contributed by atoms with E-state index < -0.39 is 0 Å². The molecule has 0 aliphatic heterocycles. The fraction of sp³-hybridized carbons (Fsp3) is 0.176. The van der Waals surface area contributed by atoms with E-state index >= 15 is 0 Å². The Morgan fingerprint density at radius 3 is 2.79 bits per heavy atom. The Morgan fingerprint density at radius 1 is 1.12 bits per heavy atom. The molecule has 1 N–H and O–H groups in total. The lowest BCUT2D eigenvalue weighted by Crippen LogP contribution is -2.33. The van der Waals surface area contributed by atoms with E-state index in [0.29, 0.717) is 17.6 Å². The minimum absolute atomic E-state index is 0.0489. The summed E-state index contributed by atoms with van der Waals surface area (Å²) in [5.74, 6) is 0.556. The van der Waals surface area contributed by atoms with Gasteiger partial charge in [-0.3, -0.25) is 14.2 Å². The molecule has 0 saturated heterocycles. The second-order valence-corrected chi connectivity index (χ2v) is 6.23. The smallest absolute Gasteiger partial charge is 0.263 e. The number of hydrogen-bond donors (Lipinski definition) is 1. The average molecular weight is 340 g/mol. The van der Waals surface area contributed by atoms with Gasteiger partial charge in [-0.2, -0.15) is 0 Å². The summed E-state index contributed by atoms with van der Waals surface area (Å²) in [6, 6.07) is 13.3. The molecule has 0 radical (unpaired) electrons. The molecular formula is C17H16N4O2S. The van der Waals surface area contributed by atoms with Gasteiger partial charge in [-0.15, -0.1) is 11.8 Å². The monoisotopic (exact) mass is 340 g/mol. The van der Waals surface area contributed by atoms with Crippen LogP contribution in [0.3, 0.4) is 0 Å². The van der Waals surface area contributed by atoms with Crippen LogP contribution < -0.4 is 10.9 Å². The maximum Gasteiger partial charge on any atom is 0.263 e. The maximum atomic E-state index is 12.3. The topological polar surface area (TPSA) is 76.9 Å². The van der Waals surface area contributed by atoms with Crippen molar-refractivity contribution in [2.45, 2.75) is 11.4 Å². The molecule has 1 amide bonds. The van der Waals surface area contributed by atoms with Gasteiger partial charge in [0.15, 0.2) is 5.65 Å². The van der Waals surface area contributed by atoms with Crippen molar-refractivity contribution in [3.8, 4) is 0 Å². The quantitative estimate of drug-likeness (QED) is 0.546. The highest BCUT2D eigenvalue weighted by Crippen LogP contribution is 2.15. The van der Waals surface area contributed by atoms with E-state index in [4.69, 9.17) is 0 Å². The Hall–Kier alpha value is -2.67. The number of hydrogen-bond acceptors (Lipinski definition) is 5. The molecule has 122 valence electrons. The number of carbonyl (C=O) groups excluding carboxylic acids is 1. The number of carbonyl (C=O) groups is 1. The zero-order valence-corrected chi connectivity index (χ0v) is 13.7. The number of fused-ring (bicyclic) bond motifs is 1. The number of thioether (sulfide) groups is 1. The molecule has 3 aromatic rings. The first kappa shape index (κ1) is 16.2. The van der Waals surface area contributed by atoms with Crippen molar-refractivity contribution in [2.75, 3.05) is 12.3 Å². The van der Waals surface area contributed by atoms with Gasteiger partial charge in [-0.1, -0.05) is 18.2 Å². The van der Waals surface area contributed by atoms with Crippen molar-refractivity contribution in [1.29, 1.82) is 0 Å². The number of amides is 1. The Balaban J connectivity index is 1.53. The van der Waals surface area contributed by atoms with E-state index in [2.05, 4.69) is 15.3 Å². The third-order valence-corrected chi connectivity index (χ3v) is 4.36. The Kier molecular flexibility index (Phi) is 5.22. The lowest BCUT2D eigenvalue weighted by Gasteiger charge is -2.07. The van der Waals surface area contributed by atoms with Crippen LogP contribution in [0.15, 0.2) is 64.7 Å². The van der Waals surface area contributed by atoms with Crippen molar-refractivity contribution in [1.82, 2.24) is 19.9 Å². The van der Waals surface area contributed by atoms with Gasteiger partial charge in [0.2, 0.25) is 5.91 Å². The second-order valence-electron chi connectivity index (χ2n) is 5.06. The number of pyridine rings is 1. The molecule has 0 aliphatic carbocycles. The predicted molar refractivity (Wildman–Crippen MR) is 94.0 cm³/mol. The number of nitrogens with one attached hydrogen (secondary N) is 1. The van der Waals surface area contributed by atoms with Gasteiger partial charge in [-0.25, -0.2) is 9.97 Å². The minimum atomic E-state index is -0.262. The summed E-state index contributed by atoms with van der Waals surface area (Å²) < 4.78 is 1.30. The molecule has 0 saturated carbocycles. The van der Waals surface area contributed by atoms with E-state index in [9.17, 15) is 9.59 Å². The van der Waals surface area contributed by atoms with E-state index in [-0.39, 0.29) is 18.0 Å². The molecule has 1 aromatic carbocycles. The largest absolute Gasteiger partial charge is 0.354 e. The summed E-state index contributed by atoms with van der Waals surface area (Å²) in [6.07, 6.45) is 2.94. The van der Waals surface area contributed by atoms with Crippen molar-refractivity contribution in [2.24, 2.45) is 0 Å². The van der Waals surface area contributed by atoms with Crippen LogP contribution >= 0.6 is 11.8 Å². The number of rotatable bonds is 6. The van der Waals surface area contributed by atoms with E-state index in [1.165, 1.54) is 10.9 Å². The van der Waals surface area contributed by atoms with Crippen LogP contribution in [0.1, 0.15) is 0 Å². The van der Waals surface area contributed by atoms with Crippen LogP contribution in [0.4, 0.5) is 0 Å². The molecule has 24 heavy (non-hydrogen) atoms.